The van der Waals surface area contributed by atoms with E-state index >= 15 is 0 Å². The summed E-state index contributed by atoms with van der Waals surface area (Å²) in [7, 11) is 2.87. The molecule has 0 unspecified atom stereocenters. The highest BCUT2D eigenvalue weighted by Gasteiger charge is 2.14. The Balaban J connectivity index is 1.85. The van der Waals surface area contributed by atoms with Crippen LogP contribution in [0.15, 0.2) is 42.5 Å². The number of hydrogen-bond donors (Lipinski definition) is 3. The van der Waals surface area contributed by atoms with Gasteiger partial charge in [0.2, 0.25) is 0 Å². The van der Waals surface area contributed by atoms with Crippen LogP contribution in [0.25, 0.3) is 0 Å². The van der Waals surface area contributed by atoms with Crippen LogP contribution in [-0.2, 0) is 6.54 Å². The molecule has 7 nitrogen and oxygen atoms in total. The van der Waals surface area contributed by atoms with Crippen LogP contribution >= 0.6 is 12.2 Å². The molecule has 0 heterocycles. The highest BCUT2D eigenvalue weighted by Crippen LogP contribution is 2.29. The maximum atomic E-state index is 12.3. The molecule has 10 heteroatoms. The van der Waals surface area contributed by atoms with Crippen LogP contribution in [0.2, 0.25) is 0 Å². The summed E-state index contributed by atoms with van der Waals surface area (Å²) >= 11 is 5.10. The lowest BCUT2D eigenvalue weighted by Crippen LogP contribution is -2.46. The predicted octanol–water partition coefficient (Wildman–Crippen LogP) is 2.61. The molecule has 0 radical (unpaired) electrons. The molecule has 3 N–H and O–H groups in total. The van der Waals surface area contributed by atoms with Crippen molar-refractivity contribution in [1.82, 2.24) is 16.2 Å². The Hall–Kier alpha value is -3.14. The van der Waals surface area contributed by atoms with Crippen molar-refractivity contribution in [3.05, 3.63) is 53.6 Å². The molecule has 0 atom stereocenters. The van der Waals surface area contributed by atoms with E-state index in [-0.39, 0.29) is 22.2 Å². The molecule has 0 aliphatic rings. The summed E-state index contributed by atoms with van der Waals surface area (Å²) in [6.07, 6.45) is 0. The lowest BCUT2D eigenvalue weighted by Gasteiger charge is -2.13. The van der Waals surface area contributed by atoms with Gasteiger partial charge in [-0.05, 0) is 48.1 Å². The molecule has 0 aliphatic heterocycles. The molecule has 0 saturated carbocycles. The van der Waals surface area contributed by atoms with Gasteiger partial charge in [0.05, 0.1) is 14.2 Å². The molecule has 150 valence electrons. The van der Waals surface area contributed by atoms with Gasteiger partial charge in [-0.3, -0.25) is 15.6 Å². The highest BCUT2D eigenvalue weighted by atomic mass is 32.1. The molecular weight excluding hydrogens is 392 g/mol. The molecule has 0 bridgehead atoms. The van der Waals surface area contributed by atoms with E-state index in [2.05, 4.69) is 20.9 Å². The van der Waals surface area contributed by atoms with Gasteiger partial charge in [0.1, 0.15) is 5.75 Å². The molecule has 0 saturated heterocycles. The standard InChI is InChI=1S/C18H19F2N3O4S/c1-25-13-6-3-11(4-7-13)10-21-18(28)23-22-16(24)12-5-8-14(27-17(19)20)15(9-12)26-2/h3-9,17H,10H2,1-2H3,(H,22,24)(H2,21,23,28). The Morgan fingerprint density at radius 1 is 1.04 bits per heavy atom. The zero-order valence-electron chi connectivity index (χ0n) is 15.1. The third kappa shape index (κ3) is 6.23. The van der Waals surface area contributed by atoms with Crippen molar-refractivity contribution in [2.75, 3.05) is 14.2 Å². The number of hydrogen-bond acceptors (Lipinski definition) is 5. The minimum Gasteiger partial charge on any atom is -0.497 e. The third-order valence-electron chi connectivity index (χ3n) is 3.54. The van der Waals surface area contributed by atoms with E-state index in [0.29, 0.717) is 6.54 Å². The Morgan fingerprint density at radius 3 is 2.36 bits per heavy atom. The van der Waals surface area contributed by atoms with E-state index in [0.717, 1.165) is 11.3 Å². The minimum atomic E-state index is -3.00. The van der Waals surface area contributed by atoms with Crippen LogP contribution in [0.3, 0.4) is 0 Å². The first-order valence-electron chi connectivity index (χ1n) is 8.03. The number of benzene rings is 2. The van der Waals surface area contributed by atoms with Gasteiger partial charge in [-0.25, -0.2) is 0 Å². The first-order valence-corrected chi connectivity index (χ1v) is 8.43. The number of nitrogens with one attached hydrogen (secondary N) is 3. The van der Waals surface area contributed by atoms with Crippen molar-refractivity contribution >= 4 is 23.2 Å². The Labute approximate surface area is 165 Å². The lowest BCUT2D eigenvalue weighted by atomic mass is 10.2. The van der Waals surface area contributed by atoms with Crippen molar-refractivity contribution in [2.24, 2.45) is 0 Å². The van der Waals surface area contributed by atoms with Crippen molar-refractivity contribution in [3.63, 3.8) is 0 Å². The van der Waals surface area contributed by atoms with Crippen LogP contribution in [-0.4, -0.2) is 31.9 Å². The number of carbonyl (C=O) groups is 1. The first kappa shape index (κ1) is 21.2. The number of methoxy groups -OCH3 is 2. The van der Waals surface area contributed by atoms with E-state index in [1.807, 2.05) is 24.3 Å². The highest BCUT2D eigenvalue weighted by molar-refractivity contribution is 7.80. The van der Waals surface area contributed by atoms with E-state index in [1.165, 1.54) is 25.3 Å². The third-order valence-corrected chi connectivity index (χ3v) is 3.79. The zero-order valence-corrected chi connectivity index (χ0v) is 15.9. The van der Waals surface area contributed by atoms with Crippen LogP contribution in [0, 0.1) is 0 Å². The molecule has 0 spiro atoms. The molecule has 2 aromatic carbocycles. The summed E-state index contributed by atoms with van der Waals surface area (Å²) in [5, 5.41) is 3.14. The quantitative estimate of drug-likeness (QED) is 0.477. The molecule has 2 aromatic rings. The smallest absolute Gasteiger partial charge is 0.387 e. The van der Waals surface area contributed by atoms with Gasteiger partial charge in [0.25, 0.3) is 5.91 Å². The first-order chi connectivity index (χ1) is 13.4. The Bertz CT molecular complexity index is 819. The van der Waals surface area contributed by atoms with Gasteiger partial charge >= 0.3 is 6.61 Å². The monoisotopic (exact) mass is 411 g/mol. The van der Waals surface area contributed by atoms with Gasteiger partial charge in [0, 0.05) is 12.1 Å². The van der Waals surface area contributed by atoms with Gasteiger partial charge in [-0.2, -0.15) is 8.78 Å². The summed E-state index contributed by atoms with van der Waals surface area (Å²) < 4.78 is 39.0. The van der Waals surface area contributed by atoms with Crippen molar-refractivity contribution in [2.45, 2.75) is 13.2 Å². The van der Waals surface area contributed by atoms with Crippen LogP contribution in [0.5, 0.6) is 17.2 Å². The number of thiocarbonyl (C=S) groups is 1. The van der Waals surface area contributed by atoms with E-state index in [9.17, 15) is 13.6 Å². The van der Waals surface area contributed by atoms with Crippen molar-refractivity contribution < 1.29 is 27.8 Å². The topological polar surface area (TPSA) is 80.9 Å². The number of halogens is 2. The second kappa shape index (κ2) is 10.3. The van der Waals surface area contributed by atoms with Crippen molar-refractivity contribution in [3.8, 4) is 17.2 Å². The maximum absolute atomic E-state index is 12.3. The van der Waals surface area contributed by atoms with Gasteiger partial charge in [-0.1, -0.05) is 12.1 Å². The minimum absolute atomic E-state index is 0.00755. The largest absolute Gasteiger partial charge is 0.497 e. The molecule has 0 fully saturated rings. The summed E-state index contributed by atoms with van der Waals surface area (Å²) in [4.78, 5) is 12.2. The molecule has 0 aromatic heterocycles. The zero-order chi connectivity index (χ0) is 20.5. The predicted molar refractivity (Wildman–Crippen MR) is 103 cm³/mol. The number of amides is 1. The molecular formula is C18H19F2N3O4S. The maximum Gasteiger partial charge on any atom is 0.387 e. The SMILES string of the molecule is COc1ccc(CNC(=S)NNC(=O)c2ccc(OC(F)F)c(OC)c2)cc1. The molecule has 28 heavy (non-hydrogen) atoms. The second-order valence-corrected chi connectivity index (χ2v) is 5.76. The Kier molecular flexibility index (Phi) is 7.76. The fraction of sp³-hybridized carbons (Fsp3) is 0.222. The number of alkyl halides is 2. The number of ether oxygens (including phenoxy) is 3. The molecule has 2 rings (SSSR count). The fourth-order valence-corrected chi connectivity index (χ4v) is 2.28. The molecule has 0 aliphatic carbocycles. The normalized spacial score (nSPS) is 10.2. The number of rotatable bonds is 7. The lowest BCUT2D eigenvalue weighted by molar-refractivity contribution is -0.0512. The van der Waals surface area contributed by atoms with Crippen LogP contribution in [0.4, 0.5) is 8.78 Å². The number of hydrazine groups is 1. The number of carbonyl (C=O) groups excluding carboxylic acids is 1. The molecule has 1 amide bonds. The van der Waals surface area contributed by atoms with E-state index < -0.39 is 12.5 Å². The summed E-state index contributed by atoms with van der Waals surface area (Å²) in [6, 6.07) is 11.2. The van der Waals surface area contributed by atoms with E-state index in [4.69, 9.17) is 21.7 Å². The summed E-state index contributed by atoms with van der Waals surface area (Å²) in [6.45, 7) is -2.55. The van der Waals surface area contributed by atoms with Crippen molar-refractivity contribution in [1.29, 1.82) is 0 Å². The Morgan fingerprint density at radius 2 is 1.75 bits per heavy atom. The van der Waals surface area contributed by atoms with Gasteiger partial charge < -0.3 is 19.5 Å². The second-order valence-electron chi connectivity index (χ2n) is 5.35. The van der Waals surface area contributed by atoms with Crippen LogP contribution in [0.1, 0.15) is 15.9 Å². The van der Waals surface area contributed by atoms with Gasteiger partial charge in [-0.15, -0.1) is 0 Å². The summed E-state index contributed by atoms with van der Waals surface area (Å²) in [5.41, 5.74) is 6.11. The van der Waals surface area contributed by atoms with Crippen LogP contribution < -0.4 is 30.4 Å². The van der Waals surface area contributed by atoms with E-state index in [1.54, 1.807) is 7.11 Å². The average molecular weight is 411 g/mol. The average Bonchev–Trinajstić information content (AvgIpc) is 2.70. The summed E-state index contributed by atoms with van der Waals surface area (Å²) in [5.74, 6) is 0.0550. The fourth-order valence-electron chi connectivity index (χ4n) is 2.16. The van der Waals surface area contributed by atoms with Gasteiger partial charge in [0.15, 0.2) is 16.6 Å².